The largest absolute Gasteiger partial charge is 0.256 e. The molecule has 0 fully saturated rings. The molecule has 1 heterocycles. The molecule has 0 atom stereocenters. The Morgan fingerprint density at radius 2 is 2.67 bits per heavy atom. The first-order chi connectivity index (χ1) is 4.33. The lowest BCUT2D eigenvalue weighted by Crippen LogP contribution is -1.89. The molecule has 3 heteroatoms. The lowest BCUT2D eigenvalue weighted by molar-refractivity contribution is 0.751. The first kappa shape index (κ1) is 6.01. The van der Waals surface area contributed by atoms with Crippen molar-refractivity contribution >= 4 is 0 Å². The van der Waals surface area contributed by atoms with Crippen LogP contribution in [0.15, 0.2) is 19.0 Å². The summed E-state index contributed by atoms with van der Waals surface area (Å²) in [6.45, 7) is 3.58. The third-order valence-electron chi connectivity index (χ3n) is 0.974. The van der Waals surface area contributed by atoms with Gasteiger partial charge in [-0.25, -0.2) is 4.98 Å². The van der Waals surface area contributed by atoms with Crippen molar-refractivity contribution in [3.05, 3.63) is 24.8 Å². The predicted octanol–water partition coefficient (Wildman–Crippen LogP) is 0.544. The minimum atomic E-state index is 0.751. The van der Waals surface area contributed by atoms with E-state index in [-0.39, 0.29) is 0 Å². The highest BCUT2D eigenvalue weighted by atomic mass is 15.3. The van der Waals surface area contributed by atoms with Gasteiger partial charge in [0.25, 0.3) is 0 Å². The van der Waals surface area contributed by atoms with E-state index < -0.39 is 0 Å². The zero-order valence-electron chi connectivity index (χ0n) is 5.41. The van der Waals surface area contributed by atoms with Gasteiger partial charge in [-0.05, 0) is 0 Å². The van der Waals surface area contributed by atoms with Crippen LogP contribution in [-0.4, -0.2) is 14.8 Å². The van der Waals surface area contributed by atoms with E-state index >= 15 is 0 Å². The molecule has 0 amide bonds. The van der Waals surface area contributed by atoms with Gasteiger partial charge in [-0.3, -0.25) is 4.68 Å². The van der Waals surface area contributed by atoms with Crippen LogP contribution in [0, 0.1) is 0 Å². The van der Waals surface area contributed by atoms with Crippen LogP contribution in [0.2, 0.25) is 0 Å². The maximum Gasteiger partial charge on any atom is 0.154 e. The van der Waals surface area contributed by atoms with Gasteiger partial charge < -0.3 is 0 Å². The van der Waals surface area contributed by atoms with Crippen LogP contribution in [0.1, 0.15) is 5.82 Å². The SMILES string of the molecule is C=CCc1ncn(C)n1. The molecular formula is C6H9N3. The van der Waals surface area contributed by atoms with E-state index in [9.17, 15) is 0 Å². The Balaban J connectivity index is 2.72. The topological polar surface area (TPSA) is 30.7 Å². The summed E-state index contributed by atoms with van der Waals surface area (Å²) in [6.07, 6.45) is 4.22. The van der Waals surface area contributed by atoms with Crippen LogP contribution >= 0.6 is 0 Å². The number of rotatable bonds is 2. The van der Waals surface area contributed by atoms with Gasteiger partial charge in [0.1, 0.15) is 6.33 Å². The summed E-state index contributed by atoms with van der Waals surface area (Å²) >= 11 is 0. The second-order valence-corrected chi connectivity index (χ2v) is 1.83. The quantitative estimate of drug-likeness (QED) is 0.537. The van der Waals surface area contributed by atoms with Crippen LogP contribution in [0.3, 0.4) is 0 Å². The standard InChI is InChI=1S/C6H9N3/c1-3-4-6-7-5-9(2)8-6/h3,5H,1,4H2,2H3. The van der Waals surface area contributed by atoms with Crippen molar-refractivity contribution in [1.82, 2.24) is 14.8 Å². The fourth-order valence-electron chi connectivity index (χ4n) is 0.607. The third kappa shape index (κ3) is 1.38. The molecule has 0 bridgehead atoms. The smallest absolute Gasteiger partial charge is 0.154 e. The highest BCUT2D eigenvalue weighted by Gasteiger charge is 1.91. The van der Waals surface area contributed by atoms with Crippen molar-refractivity contribution in [2.45, 2.75) is 6.42 Å². The van der Waals surface area contributed by atoms with Crippen molar-refractivity contribution in [2.24, 2.45) is 7.05 Å². The Kier molecular flexibility index (Phi) is 1.63. The molecule has 0 aliphatic rings. The number of hydrogen-bond donors (Lipinski definition) is 0. The van der Waals surface area contributed by atoms with E-state index in [2.05, 4.69) is 16.7 Å². The molecule has 1 aromatic heterocycles. The van der Waals surface area contributed by atoms with E-state index in [1.54, 1.807) is 17.1 Å². The van der Waals surface area contributed by atoms with Gasteiger partial charge in [0.2, 0.25) is 0 Å². The van der Waals surface area contributed by atoms with E-state index in [1.165, 1.54) is 0 Å². The van der Waals surface area contributed by atoms with Crippen LogP contribution in [-0.2, 0) is 13.5 Å². The lowest BCUT2D eigenvalue weighted by atomic mass is 10.4. The molecular weight excluding hydrogens is 114 g/mol. The molecule has 0 aliphatic heterocycles. The summed E-state index contributed by atoms with van der Waals surface area (Å²) in [5.74, 6) is 0.826. The highest BCUT2D eigenvalue weighted by molar-refractivity contribution is 4.89. The fraction of sp³-hybridized carbons (Fsp3) is 0.333. The van der Waals surface area contributed by atoms with E-state index in [4.69, 9.17) is 0 Å². The molecule has 0 saturated carbocycles. The van der Waals surface area contributed by atoms with Gasteiger partial charge >= 0.3 is 0 Å². The van der Waals surface area contributed by atoms with Crippen molar-refractivity contribution in [1.29, 1.82) is 0 Å². The van der Waals surface area contributed by atoms with Gasteiger partial charge in [0, 0.05) is 13.5 Å². The first-order valence-corrected chi connectivity index (χ1v) is 2.78. The Morgan fingerprint density at radius 3 is 3.11 bits per heavy atom. The number of hydrogen-bond acceptors (Lipinski definition) is 2. The van der Waals surface area contributed by atoms with Crippen molar-refractivity contribution in [2.75, 3.05) is 0 Å². The molecule has 1 aromatic rings. The molecule has 0 saturated heterocycles. The van der Waals surface area contributed by atoms with Gasteiger partial charge in [-0.15, -0.1) is 6.58 Å². The number of allylic oxidation sites excluding steroid dienone is 1. The minimum Gasteiger partial charge on any atom is -0.256 e. The summed E-state index contributed by atoms with van der Waals surface area (Å²) in [5, 5.41) is 4.03. The van der Waals surface area contributed by atoms with E-state index in [0.717, 1.165) is 12.2 Å². The molecule has 9 heavy (non-hydrogen) atoms. The zero-order chi connectivity index (χ0) is 6.69. The molecule has 0 spiro atoms. The second kappa shape index (κ2) is 2.44. The maximum absolute atomic E-state index is 4.03. The Bertz CT molecular complexity index is 202. The average molecular weight is 123 g/mol. The molecule has 0 aromatic carbocycles. The van der Waals surface area contributed by atoms with Gasteiger partial charge in [-0.1, -0.05) is 6.08 Å². The van der Waals surface area contributed by atoms with Crippen molar-refractivity contribution in [3.8, 4) is 0 Å². The fourth-order valence-corrected chi connectivity index (χ4v) is 0.607. The second-order valence-electron chi connectivity index (χ2n) is 1.83. The van der Waals surface area contributed by atoms with Gasteiger partial charge in [0.05, 0.1) is 0 Å². The molecule has 1 rings (SSSR count). The van der Waals surface area contributed by atoms with Crippen molar-refractivity contribution < 1.29 is 0 Å². The van der Waals surface area contributed by atoms with Crippen LogP contribution in [0.4, 0.5) is 0 Å². The molecule has 3 nitrogen and oxygen atoms in total. The predicted molar refractivity (Wildman–Crippen MR) is 34.9 cm³/mol. The number of nitrogens with zero attached hydrogens (tertiary/aromatic N) is 3. The van der Waals surface area contributed by atoms with E-state index in [0.29, 0.717) is 0 Å². The molecule has 0 aliphatic carbocycles. The van der Waals surface area contributed by atoms with Gasteiger partial charge in [-0.2, -0.15) is 5.10 Å². The first-order valence-electron chi connectivity index (χ1n) is 2.78. The molecule has 0 radical (unpaired) electrons. The minimum absolute atomic E-state index is 0.751. The molecule has 48 valence electrons. The lowest BCUT2D eigenvalue weighted by Gasteiger charge is -1.82. The normalized spacial score (nSPS) is 9.44. The summed E-state index contributed by atoms with van der Waals surface area (Å²) in [4.78, 5) is 3.99. The number of aromatic nitrogens is 3. The third-order valence-corrected chi connectivity index (χ3v) is 0.974. The summed E-state index contributed by atoms with van der Waals surface area (Å²) < 4.78 is 1.68. The van der Waals surface area contributed by atoms with Crippen LogP contribution in [0.25, 0.3) is 0 Å². The van der Waals surface area contributed by atoms with E-state index in [1.807, 2.05) is 7.05 Å². The summed E-state index contributed by atoms with van der Waals surface area (Å²) in [5.41, 5.74) is 0. The Morgan fingerprint density at radius 1 is 1.89 bits per heavy atom. The Labute approximate surface area is 54.0 Å². The summed E-state index contributed by atoms with van der Waals surface area (Å²) in [7, 11) is 1.85. The maximum atomic E-state index is 4.03. The zero-order valence-corrected chi connectivity index (χ0v) is 5.41. The van der Waals surface area contributed by atoms with Crippen LogP contribution in [0.5, 0.6) is 0 Å². The van der Waals surface area contributed by atoms with Crippen LogP contribution < -0.4 is 0 Å². The number of aryl methyl sites for hydroxylation is 1. The average Bonchev–Trinajstić information content (AvgIpc) is 2.17. The highest BCUT2D eigenvalue weighted by Crippen LogP contribution is 1.88. The van der Waals surface area contributed by atoms with Gasteiger partial charge in [0.15, 0.2) is 5.82 Å². The monoisotopic (exact) mass is 123 g/mol. The Hall–Kier alpha value is -1.12. The molecule has 0 N–H and O–H groups in total. The summed E-state index contributed by atoms with van der Waals surface area (Å²) in [6, 6.07) is 0. The molecule has 0 unspecified atom stereocenters. The van der Waals surface area contributed by atoms with Crippen molar-refractivity contribution in [3.63, 3.8) is 0 Å².